The fourth-order valence-electron chi connectivity index (χ4n) is 3.57. The molecule has 4 rings (SSSR count). The third-order valence-corrected chi connectivity index (χ3v) is 5.03. The van der Waals surface area contributed by atoms with Gasteiger partial charge >= 0.3 is 0 Å². The van der Waals surface area contributed by atoms with Gasteiger partial charge in [0.15, 0.2) is 0 Å². The second-order valence-corrected chi connectivity index (χ2v) is 7.07. The van der Waals surface area contributed by atoms with E-state index in [-0.39, 0.29) is 0 Å². The molecule has 2 aromatic carbocycles. The Kier molecular flexibility index (Phi) is 6.06. The normalized spacial score (nSPS) is 11.4. The molecule has 4 aromatic rings. The third-order valence-electron chi connectivity index (χ3n) is 5.03. The summed E-state index contributed by atoms with van der Waals surface area (Å²) in [7, 11) is 1.72. The highest BCUT2D eigenvalue weighted by Crippen LogP contribution is 2.28. The van der Waals surface area contributed by atoms with Crippen LogP contribution in [0.1, 0.15) is 24.2 Å². The highest BCUT2D eigenvalue weighted by Gasteiger charge is 2.14. The van der Waals surface area contributed by atoms with E-state index in [1.165, 1.54) is 0 Å². The highest BCUT2D eigenvalue weighted by molar-refractivity contribution is 6.02. The zero-order chi connectivity index (χ0) is 20.1. The van der Waals surface area contributed by atoms with Gasteiger partial charge < -0.3 is 14.0 Å². The predicted octanol–water partition coefficient (Wildman–Crippen LogP) is 4.97. The van der Waals surface area contributed by atoms with Gasteiger partial charge in [0.25, 0.3) is 0 Å². The van der Waals surface area contributed by atoms with Gasteiger partial charge in [-0.05, 0) is 24.1 Å². The second-order valence-electron chi connectivity index (χ2n) is 7.07. The van der Waals surface area contributed by atoms with Crippen molar-refractivity contribution >= 4 is 21.9 Å². The van der Waals surface area contributed by atoms with Gasteiger partial charge in [-0.15, -0.1) is 0 Å². The molecule has 29 heavy (non-hydrogen) atoms. The number of hydrogen-bond acceptors (Lipinski definition) is 4. The summed E-state index contributed by atoms with van der Waals surface area (Å²) in [5.41, 5.74) is 4.11. The molecule has 0 saturated carbocycles. The third kappa shape index (κ3) is 4.25. The van der Waals surface area contributed by atoms with Gasteiger partial charge in [0.1, 0.15) is 23.7 Å². The summed E-state index contributed by atoms with van der Waals surface area (Å²) >= 11 is 0. The number of methoxy groups -OCH3 is 1. The van der Waals surface area contributed by atoms with Gasteiger partial charge in [-0.1, -0.05) is 43.7 Å². The predicted molar refractivity (Wildman–Crippen MR) is 116 cm³/mol. The minimum Gasteiger partial charge on any atom is -0.489 e. The van der Waals surface area contributed by atoms with Crippen LogP contribution in [-0.4, -0.2) is 28.3 Å². The van der Waals surface area contributed by atoms with Crippen molar-refractivity contribution in [2.24, 2.45) is 0 Å². The average molecular weight is 388 g/mol. The molecule has 5 nitrogen and oxygen atoms in total. The summed E-state index contributed by atoms with van der Waals surface area (Å²) in [6, 6.07) is 16.3. The van der Waals surface area contributed by atoms with Gasteiger partial charge in [0.05, 0.1) is 23.8 Å². The molecule has 0 aliphatic heterocycles. The summed E-state index contributed by atoms with van der Waals surface area (Å²) in [5, 5.41) is 1.09. The molecular weight excluding hydrogens is 362 g/mol. The first-order chi connectivity index (χ1) is 14.3. The Labute approximate surface area is 171 Å². The number of pyridine rings is 1. The van der Waals surface area contributed by atoms with Crippen molar-refractivity contribution in [1.29, 1.82) is 0 Å². The number of imidazole rings is 1. The number of aryl methyl sites for hydroxylation is 1. The van der Waals surface area contributed by atoms with Crippen LogP contribution in [0, 0.1) is 6.92 Å². The van der Waals surface area contributed by atoms with Crippen LogP contribution >= 0.6 is 0 Å². The summed E-state index contributed by atoms with van der Waals surface area (Å²) in [5.74, 6) is 1.85. The van der Waals surface area contributed by atoms with E-state index in [1.54, 1.807) is 7.11 Å². The van der Waals surface area contributed by atoms with Crippen molar-refractivity contribution in [1.82, 2.24) is 14.5 Å². The lowest BCUT2D eigenvalue weighted by Crippen LogP contribution is -2.07. The molecule has 149 valence electrons. The van der Waals surface area contributed by atoms with E-state index in [9.17, 15) is 0 Å². The minimum absolute atomic E-state index is 0.539. The van der Waals surface area contributed by atoms with Crippen LogP contribution in [0.5, 0.6) is 5.75 Å². The number of hydrogen-bond donors (Lipinski definition) is 0. The van der Waals surface area contributed by atoms with Gasteiger partial charge in [0.2, 0.25) is 0 Å². The lowest BCUT2D eigenvalue weighted by Gasteiger charge is -2.11. The van der Waals surface area contributed by atoms with Gasteiger partial charge in [-0.2, -0.15) is 0 Å². The maximum Gasteiger partial charge on any atom is 0.122 e. The van der Waals surface area contributed by atoms with Gasteiger partial charge in [-0.25, -0.2) is 4.98 Å². The van der Waals surface area contributed by atoms with E-state index >= 15 is 0 Å². The molecule has 0 amide bonds. The van der Waals surface area contributed by atoms with Crippen molar-refractivity contribution in [2.45, 2.75) is 32.4 Å². The first-order valence-electron chi connectivity index (χ1n) is 10.0. The van der Waals surface area contributed by atoms with Crippen molar-refractivity contribution < 1.29 is 9.47 Å². The number of ether oxygens (including phenoxy) is 2. The highest BCUT2D eigenvalue weighted by atomic mass is 16.5. The summed E-state index contributed by atoms with van der Waals surface area (Å²) in [4.78, 5) is 9.46. The fourth-order valence-corrected chi connectivity index (χ4v) is 3.57. The Morgan fingerprint density at radius 3 is 2.72 bits per heavy atom. The summed E-state index contributed by atoms with van der Waals surface area (Å²) in [6.45, 7) is 6.07. The van der Waals surface area contributed by atoms with E-state index < -0.39 is 0 Å². The van der Waals surface area contributed by atoms with E-state index in [4.69, 9.17) is 14.5 Å². The number of nitrogens with zero attached hydrogens (tertiary/aromatic N) is 3. The molecule has 0 aliphatic rings. The fraction of sp³-hybridized carbons (Fsp3) is 0.292. The average Bonchev–Trinajstić information content (AvgIpc) is 3.13. The SMILES string of the molecule is [CH2]CCCn1c(CCOC)nc2cnc3cc(OCc4ccccc4)ccc3c21. The van der Waals surface area contributed by atoms with Crippen LogP contribution in [0.15, 0.2) is 54.7 Å². The Balaban J connectivity index is 1.69. The van der Waals surface area contributed by atoms with Crippen LogP contribution in [-0.2, 0) is 24.3 Å². The molecule has 0 saturated heterocycles. The van der Waals surface area contributed by atoms with Crippen LogP contribution in [0.25, 0.3) is 21.9 Å². The lowest BCUT2D eigenvalue weighted by molar-refractivity contribution is 0.199. The zero-order valence-corrected chi connectivity index (χ0v) is 16.8. The van der Waals surface area contributed by atoms with Gasteiger partial charge in [0, 0.05) is 31.5 Å². The van der Waals surface area contributed by atoms with E-state index in [0.717, 1.165) is 64.9 Å². The Morgan fingerprint density at radius 2 is 1.93 bits per heavy atom. The first kappa shape index (κ1) is 19.4. The molecule has 0 N–H and O–H groups in total. The largest absolute Gasteiger partial charge is 0.489 e. The second kappa shape index (κ2) is 9.05. The molecule has 2 aromatic heterocycles. The molecule has 1 radical (unpaired) electrons. The first-order valence-corrected chi connectivity index (χ1v) is 10.0. The maximum atomic E-state index is 5.98. The molecule has 0 fully saturated rings. The molecule has 0 atom stereocenters. The van der Waals surface area contributed by atoms with Crippen molar-refractivity contribution in [2.75, 3.05) is 13.7 Å². The van der Waals surface area contributed by atoms with Gasteiger partial charge in [-0.3, -0.25) is 4.98 Å². The summed E-state index contributed by atoms with van der Waals surface area (Å²) < 4.78 is 13.5. The number of benzene rings is 2. The molecular formula is C24H26N3O2. The van der Waals surface area contributed by atoms with E-state index in [0.29, 0.717) is 13.2 Å². The Bertz CT molecular complexity index is 1090. The van der Waals surface area contributed by atoms with E-state index in [2.05, 4.69) is 34.7 Å². The van der Waals surface area contributed by atoms with E-state index in [1.807, 2.05) is 36.5 Å². The number of unbranched alkanes of at least 4 members (excludes halogenated alkanes) is 1. The smallest absolute Gasteiger partial charge is 0.122 e. The van der Waals surface area contributed by atoms with Crippen LogP contribution in [0.3, 0.4) is 0 Å². The molecule has 5 heteroatoms. The standard InChI is InChI=1S/C24H26N3O2/c1-3-4-13-27-23(12-14-28-2)26-22-16-25-21-15-19(10-11-20(21)24(22)27)29-17-18-8-6-5-7-9-18/h5-11,15-16H,1,3-4,12-14,17H2,2H3. The Hall–Kier alpha value is -2.92. The Morgan fingerprint density at radius 1 is 1.07 bits per heavy atom. The number of aromatic nitrogens is 3. The van der Waals surface area contributed by atoms with Crippen LogP contribution in [0.2, 0.25) is 0 Å². The number of fused-ring (bicyclic) bond motifs is 3. The summed E-state index contributed by atoms with van der Waals surface area (Å²) in [6.07, 6.45) is 4.54. The van der Waals surface area contributed by atoms with Crippen molar-refractivity contribution in [3.8, 4) is 5.75 Å². The maximum absolute atomic E-state index is 5.98. The minimum atomic E-state index is 0.539. The van der Waals surface area contributed by atoms with Crippen molar-refractivity contribution in [3.05, 3.63) is 73.0 Å². The molecule has 0 aliphatic carbocycles. The quantitative estimate of drug-likeness (QED) is 0.406. The topological polar surface area (TPSA) is 49.2 Å². The molecule has 0 unspecified atom stereocenters. The molecule has 0 spiro atoms. The van der Waals surface area contributed by atoms with Crippen LogP contribution < -0.4 is 4.74 Å². The van der Waals surface area contributed by atoms with Crippen molar-refractivity contribution in [3.63, 3.8) is 0 Å². The molecule has 2 heterocycles. The molecule has 0 bridgehead atoms. The monoisotopic (exact) mass is 388 g/mol. The van der Waals surface area contributed by atoms with Crippen LogP contribution in [0.4, 0.5) is 0 Å². The lowest BCUT2D eigenvalue weighted by atomic mass is 10.1. The number of rotatable bonds is 9. The zero-order valence-electron chi connectivity index (χ0n) is 16.8.